The van der Waals surface area contributed by atoms with Crippen LogP contribution in [0.4, 0.5) is 0 Å². The molecule has 5 rings (SSSR count). The number of rotatable bonds is 5. The van der Waals surface area contributed by atoms with E-state index in [9.17, 15) is 9.59 Å². The van der Waals surface area contributed by atoms with Crippen molar-refractivity contribution in [2.24, 2.45) is 4.99 Å². The Morgan fingerprint density at radius 3 is 2.53 bits per heavy atom. The molecule has 0 saturated heterocycles. The fraction of sp³-hybridized carbons (Fsp3) is 0.233. The molecule has 6 nitrogen and oxygen atoms in total. The summed E-state index contributed by atoms with van der Waals surface area (Å²) in [6, 6.07) is 16.8. The predicted octanol–water partition coefficient (Wildman–Crippen LogP) is 5.17. The van der Waals surface area contributed by atoms with Crippen molar-refractivity contribution in [1.29, 1.82) is 0 Å². The Bertz CT molecular complexity index is 1790. The molecule has 4 aromatic rings. The third kappa shape index (κ3) is 4.36. The van der Waals surface area contributed by atoms with E-state index >= 15 is 0 Å². The molecule has 0 bridgehead atoms. The minimum absolute atomic E-state index is 0.214. The summed E-state index contributed by atoms with van der Waals surface area (Å²) >= 11 is 7.90. The maximum atomic E-state index is 13.9. The maximum absolute atomic E-state index is 13.9. The zero-order valence-corrected chi connectivity index (χ0v) is 23.5. The van der Waals surface area contributed by atoms with Gasteiger partial charge in [-0.2, -0.15) is 0 Å². The van der Waals surface area contributed by atoms with Crippen molar-refractivity contribution < 1.29 is 9.53 Å². The van der Waals surface area contributed by atoms with Crippen LogP contribution in [0.3, 0.4) is 0 Å². The van der Waals surface area contributed by atoms with E-state index in [0.29, 0.717) is 31.2 Å². The second-order valence-electron chi connectivity index (χ2n) is 9.27. The van der Waals surface area contributed by atoms with Crippen LogP contribution >= 0.6 is 22.9 Å². The summed E-state index contributed by atoms with van der Waals surface area (Å²) in [6.45, 7) is 9.93. The van der Waals surface area contributed by atoms with Crippen molar-refractivity contribution >= 4 is 35.0 Å². The topological polar surface area (TPSA) is 65.6 Å². The van der Waals surface area contributed by atoms with Crippen molar-refractivity contribution in [2.45, 2.75) is 40.7 Å². The normalized spacial score (nSPS) is 15.4. The fourth-order valence-corrected chi connectivity index (χ4v) is 6.32. The van der Waals surface area contributed by atoms with Gasteiger partial charge < -0.3 is 9.30 Å². The molecule has 0 unspecified atom stereocenters. The molecule has 2 aromatic heterocycles. The van der Waals surface area contributed by atoms with Crippen LogP contribution in [-0.2, 0) is 9.53 Å². The molecule has 0 saturated carbocycles. The van der Waals surface area contributed by atoms with Gasteiger partial charge in [-0.15, -0.1) is 0 Å². The number of aromatic nitrogens is 2. The van der Waals surface area contributed by atoms with Gasteiger partial charge in [-0.25, -0.2) is 9.79 Å². The maximum Gasteiger partial charge on any atom is 0.338 e. The van der Waals surface area contributed by atoms with Crippen molar-refractivity contribution in [2.75, 3.05) is 6.61 Å². The van der Waals surface area contributed by atoms with E-state index < -0.39 is 12.0 Å². The Labute approximate surface area is 229 Å². The highest BCUT2D eigenvalue weighted by Gasteiger charge is 2.34. The zero-order valence-electron chi connectivity index (χ0n) is 21.9. The van der Waals surface area contributed by atoms with Crippen LogP contribution in [0.25, 0.3) is 11.8 Å². The number of halogens is 1. The summed E-state index contributed by atoms with van der Waals surface area (Å²) in [7, 11) is 0. The summed E-state index contributed by atoms with van der Waals surface area (Å²) in [4.78, 5) is 32.2. The van der Waals surface area contributed by atoms with Gasteiger partial charge in [0.05, 0.1) is 22.4 Å². The summed E-state index contributed by atoms with van der Waals surface area (Å²) in [5.74, 6) is -0.505. The molecule has 38 heavy (non-hydrogen) atoms. The molecule has 2 aromatic carbocycles. The van der Waals surface area contributed by atoms with Gasteiger partial charge in [0, 0.05) is 22.1 Å². The van der Waals surface area contributed by atoms with Crippen LogP contribution in [0.15, 0.2) is 75.7 Å². The standard InChI is InChI=1S/C30H28ClN3O3S/c1-6-37-29(36)26-19(4)32-30-34(27(26)22-12-8-9-13-23(22)31)28(35)25(38-30)16-21-15-18(3)33(20(21)5)24-14-10-7-11-17(24)2/h7-16,27H,6H2,1-5H3/b25-16-/t27-/m0/s1. The molecule has 0 N–H and O–H groups in total. The molecule has 0 aliphatic carbocycles. The number of ether oxygens (including phenoxy) is 1. The summed E-state index contributed by atoms with van der Waals surface area (Å²) in [6.07, 6.45) is 1.91. The first-order chi connectivity index (χ1) is 18.2. The monoisotopic (exact) mass is 545 g/mol. The zero-order chi connectivity index (χ0) is 27.1. The summed E-state index contributed by atoms with van der Waals surface area (Å²) in [5, 5.41) is 0.463. The number of nitrogens with zero attached hydrogens (tertiary/aromatic N) is 3. The minimum Gasteiger partial charge on any atom is -0.463 e. The number of allylic oxidation sites excluding steroid dienone is 1. The van der Waals surface area contributed by atoms with Crippen molar-refractivity contribution in [3.63, 3.8) is 0 Å². The molecule has 1 atom stereocenters. The Morgan fingerprint density at radius 2 is 1.82 bits per heavy atom. The second-order valence-corrected chi connectivity index (χ2v) is 10.7. The third-order valence-corrected chi connectivity index (χ3v) is 8.16. The van der Waals surface area contributed by atoms with E-state index in [1.165, 1.54) is 16.9 Å². The van der Waals surface area contributed by atoms with Gasteiger partial charge in [0.1, 0.15) is 6.04 Å². The number of benzene rings is 2. The van der Waals surface area contributed by atoms with E-state index in [1.54, 1.807) is 24.5 Å². The average molecular weight is 546 g/mol. The third-order valence-electron chi connectivity index (χ3n) is 6.83. The first-order valence-electron chi connectivity index (χ1n) is 12.4. The highest BCUT2D eigenvalue weighted by atomic mass is 35.5. The first kappa shape index (κ1) is 25.9. The van der Waals surface area contributed by atoms with Gasteiger partial charge in [-0.3, -0.25) is 9.36 Å². The lowest BCUT2D eigenvalue weighted by Crippen LogP contribution is -2.40. The largest absolute Gasteiger partial charge is 0.463 e. The molecule has 0 fully saturated rings. The molecular formula is C30H28ClN3O3S. The van der Waals surface area contributed by atoms with Crippen molar-refractivity contribution in [3.05, 3.63) is 119 Å². The molecule has 0 amide bonds. The van der Waals surface area contributed by atoms with Gasteiger partial charge in [0.25, 0.3) is 5.56 Å². The first-order valence-corrected chi connectivity index (χ1v) is 13.6. The van der Waals surface area contributed by atoms with E-state index in [0.717, 1.165) is 22.6 Å². The number of esters is 1. The van der Waals surface area contributed by atoms with Gasteiger partial charge in [-0.05, 0) is 75.6 Å². The highest BCUT2D eigenvalue weighted by Crippen LogP contribution is 2.34. The van der Waals surface area contributed by atoms with Gasteiger partial charge >= 0.3 is 5.97 Å². The molecule has 1 aliphatic heterocycles. The Kier molecular flexibility index (Phi) is 6.99. The lowest BCUT2D eigenvalue weighted by Gasteiger charge is -2.25. The highest BCUT2D eigenvalue weighted by molar-refractivity contribution is 7.07. The Balaban J connectivity index is 1.72. The smallest absolute Gasteiger partial charge is 0.338 e. The predicted molar refractivity (Wildman–Crippen MR) is 152 cm³/mol. The molecule has 1 aliphatic rings. The van der Waals surface area contributed by atoms with Crippen LogP contribution in [0.1, 0.15) is 48.0 Å². The molecule has 194 valence electrons. The van der Waals surface area contributed by atoms with Crippen molar-refractivity contribution in [1.82, 2.24) is 9.13 Å². The number of carbonyl (C=O) groups excluding carboxylic acids is 1. The van der Waals surface area contributed by atoms with E-state index in [4.69, 9.17) is 16.3 Å². The van der Waals surface area contributed by atoms with Gasteiger partial charge in [0.15, 0.2) is 4.80 Å². The quantitative estimate of drug-likeness (QED) is 0.325. The average Bonchev–Trinajstić information content (AvgIpc) is 3.33. The Morgan fingerprint density at radius 1 is 1.11 bits per heavy atom. The van der Waals surface area contributed by atoms with Crippen molar-refractivity contribution in [3.8, 4) is 5.69 Å². The van der Waals surface area contributed by atoms with Gasteiger partial charge in [-0.1, -0.05) is 59.3 Å². The molecule has 0 spiro atoms. The SMILES string of the molecule is CCOC(=O)C1=C(C)N=c2s/c(=C\c3cc(C)n(-c4ccccc4C)c3C)c(=O)n2[C@H]1c1ccccc1Cl. The number of thiazole rings is 1. The number of aryl methyl sites for hydroxylation is 2. The fourth-order valence-electron chi connectivity index (χ4n) is 5.04. The van der Waals surface area contributed by atoms with Crippen LogP contribution in [0, 0.1) is 20.8 Å². The lowest BCUT2D eigenvalue weighted by molar-refractivity contribution is -0.139. The van der Waals surface area contributed by atoms with E-state index in [-0.39, 0.29) is 12.2 Å². The summed E-state index contributed by atoms with van der Waals surface area (Å²) < 4.78 is 9.66. The number of hydrogen-bond donors (Lipinski definition) is 0. The van der Waals surface area contributed by atoms with Gasteiger partial charge in [0.2, 0.25) is 0 Å². The van der Waals surface area contributed by atoms with Crippen LogP contribution < -0.4 is 14.9 Å². The number of hydrogen-bond acceptors (Lipinski definition) is 5. The van der Waals surface area contributed by atoms with Crippen LogP contribution in [0.2, 0.25) is 5.02 Å². The lowest BCUT2D eigenvalue weighted by atomic mass is 9.96. The molecule has 8 heteroatoms. The van der Waals surface area contributed by atoms with E-state index in [2.05, 4.69) is 48.5 Å². The molecule has 3 heterocycles. The Hall–Kier alpha value is -3.68. The number of carbonyl (C=O) groups is 1. The second kappa shape index (κ2) is 10.2. The van der Waals surface area contributed by atoms with Crippen LogP contribution in [-0.4, -0.2) is 21.7 Å². The number of fused-ring (bicyclic) bond motifs is 1. The van der Waals surface area contributed by atoms with E-state index in [1.807, 2.05) is 36.4 Å². The number of para-hydroxylation sites is 1. The molecular weight excluding hydrogens is 518 g/mol. The molecule has 0 radical (unpaired) electrons. The summed E-state index contributed by atoms with van der Waals surface area (Å²) in [5.41, 5.74) is 6.59. The van der Waals surface area contributed by atoms with Crippen LogP contribution in [0.5, 0.6) is 0 Å². The minimum atomic E-state index is -0.736.